The Morgan fingerprint density at radius 2 is 1.92 bits per heavy atom. The van der Waals surface area contributed by atoms with E-state index in [1.807, 2.05) is 12.1 Å². The zero-order chi connectivity index (χ0) is 18.2. The summed E-state index contributed by atoms with van der Waals surface area (Å²) in [5, 5.41) is 11.6. The first kappa shape index (κ1) is 18.2. The highest BCUT2D eigenvalue weighted by atomic mass is 16.5. The van der Waals surface area contributed by atoms with Crippen LogP contribution < -0.4 is 11.1 Å². The summed E-state index contributed by atoms with van der Waals surface area (Å²) in [7, 11) is 1.42. The van der Waals surface area contributed by atoms with Gasteiger partial charge in [0.2, 0.25) is 5.91 Å². The topological polar surface area (TPSA) is 105 Å². The molecule has 0 spiro atoms. The monoisotopic (exact) mass is 337 g/mol. The van der Waals surface area contributed by atoms with E-state index in [0.29, 0.717) is 11.1 Å². The van der Waals surface area contributed by atoms with Crippen LogP contribution in [0.1, 0.15) is 22.8 Å². The first-order valence-corrected chi connectivity index (χ1v) is 7.71. The van der Waals surface area contributed by atoms with Crippen LogP contribution in [-0.2, 0) is 20.7 Å². The minimum Gasteiger partial charge on any atom is -0.368 e. The Balaban J connectivity index is 2.13. The molecular weight excluding hydrogens is 318 g/mol. The largest absolute Gasteiger partial charge is 0.368 e. The summed E-state index contributed by atoms with van der Waals surface area (Å²) < 4.78 is 5.26. The predicted molar refractivity (Wildman–Crippen MR) is 92.2 cm³/mol. The molecule has 0 radical (unpaired) electrons. The van der Waals surface area contributed by atoms with Crippen LogP contribution in [0.15, 0.2) is 54.6 Å². The number of benzene rings is 2. The van der Waals surface area contributed by atoms with Crippen LogP contribution >= 0.6 is 0 Å². The number of nitriles is 1. The molecule has 6 heteroatoms. The molecule has 128 valence electrons. The van der Waals surface area contributed by atoms with Crippen molar-refractivity contribution in [2.24, 2.45) is 5.73 Å². The van der Waals surface area contributed by atoms with Gasteiger partial charge in [0, 0.05) is 13.5 Å². The van der Waals surface area contributed by atoms with Crippen molar-refractivity contribution in [3.63, 3.8) is 0 Å². The van der Waals surface area contributed by atoms with E-state index >= 15 is 0 Å². The third-order valence-electron chi connectivity index (χ3n) is 3.73. The summed E-state index contributed by atoms with van der Waals surface area (Å²) in [6.07, 6.45) is -0.643. The number of primary amides is 1. The van der Waals surface area contributed by atoms with Gasteiger partial charge in [0.1, 0.15) is 6.04 Å². The Morgan fingerprint density at radius 1 is 1.20 bits per heavy atom. The molecule has 2 amide bonds. The van der Waals surface area contributed by atoms with Crippen molar-refractivity contribution in [2.45, 2.75) is 18.6 Å². The molecular formula is C19H19N3O3. The fraction of sp³-hybridized carbons (Fsp3) is 0.211. The third kappa shape index (κ3) is 4.90. The molecule has 0 unspecified atom stereocenters. The Labute approximate surface area is 146 Å². The third-order valence-corrected chi connectivity index (χ3v) is 3.73. The van der Waals surface area contributed by atoms with Gasteiger partial charge in [-0.05, 0) is 23.3 Å². The van der Waals surface area contributed by atoms with Crippen molar-refractivity contribution < 1.29 is 14.3 Å². The molecule has 3 N–H and O–H groups in total. The van der Waals surface area contributed by atoms with Gasteiger partial charge in [0.25, 0.3) is 5.91 Å². The molecule has 6 nitrogen and oxygen atoms in total. The van der Waals surface area contributed by atoms with Crippen molar-refractivity contribution in [3.05, 3.63) is 71.3 Å². The quantitative estimate of drug-likeness (QED) is 0.798. The fourth-order valence-corrected chi connectivity index (χ4v) is 2.50. The molecule has 0 heterocycles. The van der Waals surface area contributed by atoms with E-state index in [1.165, 1.54) is 7.11 Å². The molecule has 2 aromatic carbocycles. The van der Waals surface area contributed by atoms with Crippen molar-refractivity contribution >= 4 is 11.8 Å². The van der Waals surface area contributed by atoms with Crippen molar-refractivity contribution in [1.82, 2.24) is 5.32 Å². The molecule has 2 atom stereocenters. The minimum absolute atomic E-state index is 0.196. The van der Waals surface area contributed by atoms with Gasteiger partial charge in [-0.1, -0.05) is 42.5 Å². The standard InChI is InChI=1S/C19H19N3O3/c1-25-17(15-8-3-2-4-9-15)19(24)22-16(18(21)23)11-13-6-5-7-14(10-13)12-20/h2-10,16-17H,11H2,1H3,(H2,21,23)(H,22,24)/t16-,17-/m1/s1. The number of methoxy groups -OCH3 is 1. The highest BCUT2D eigenvalue weighted by Crippen LogP contribution is 2.17. The highest BCUT2D eigenvalue weighted by molar-refractivity contribution is 5.89. The lowest BCUT2D eigenvalue weighted by atomic mass is 10.0. The van der Waals surface area contributed by atoms with E-state index in [0.717, 1.165) is 5.56 Å². The van der Waals surface area contributed by atoms with E-state index < -0.39 is 24.0 Å². The van der Waals surface area contributed by atoms with Crippen LogP contribution in [0.2, 0.25) is 0 Å². The summed E-state index contributed by atoms with van der Waals surface area (Å²) in [6, 6.07) is 16.9. The van der Waals surface area contributed by atoms with Gasteiger partial charge in [0.15, 0.2) is 6.10 Å². The number of carbonyl (C=O) groups is 2. The summed E-state index contributed by atoms with van der Waals surface area (Å²) >= 11 is 0. The van der Waals surface area contributed by atoms with E-state index in [2.05, 4.69) is 5.32 Å². The molecule has 0 saturated heterocycles. The Kier molecular flexibility index (Phi) is 6.26. The van der Waals surface area contributed by atoms with Gasteiger partial charge in [-0.3, -0.25) is 9.59 Å². The lowest BCUT2D eigenvalue weighted by molar-refractivity contribution is -0.134. The van der Waals surface area contributed by atoms with Crippen LogP contribution in [-0.4, -0.2) is 25.0 Å². The lowest BCUT2D eigenvalue weighted by Gasteiger charge is -2.20. The summed E-state index contributed by atoms with van der Waals surface area (Å²) in [5.41, 5.74) is 7.31. The molecule has 25 heavy (non-hydrogen) atoms. The Bertz CT molecular complexity index is 784. The molecule has 0 fully saturated rings. The first-order chi connectivity index (χ1) is 12.0. The maximum Gasteiger partial charge on any atom is 0.254 e. The normalized spacial score (nSPS) is 12.6. The van der Waals surface area contributed by atoms with Gasteiger partial charge in [-0.2, -0.15) is 5.26 Å². The van der Waals surface area contributed by atoms with E-state index in [-0.39, 0.29) is 6.42 Å². The molecule has 0 aromatic heterocycles. The number of nitrogens with two attached hydrogens (primary N) is 1. The second-order valence-electron chi connectivity index (χ2n) is 5.51. The number of amides is 2. The minimum atomic E-state index is -0.900. The number of ether oxygens (including phenoxy) is 1. The maximum atomic E-state index is 12.5. The van der Waals surface area contributed by atoms with E-state index in [9.17, 15) is 9.59 Å². The Hall–Kier alpha value is -3.17. The number of nitrogens with zero attached hydrogens (tertiary/aromatic N) is 1. The van der Waals surface area contributed by atoms with Gasteiger partial charge in [0.05, 0.1) is 11.6 Å². The van der Waals surface area contributed by atoms with Gasteiger partial charge < -0.3 is 15.8 Å². The van der Waals surface area contributed by atoms with Crippen LogP contribution in [0.25, 0.3) is 0 Å². The van der Waals surface area contributed by atoms with Crippen molar-refractivity contribution in [2.75, 3.05) is 7.11 Å². The molecule has 2 aromatic rings. The molecule has 0 saturated carbocycles. The van der Waals surface area contributed by atoms with Gasteiger partial charge in [-0.25, -0.2) is 0 Å². The van der Waals surface area contributed by atoms with Gasteiger partial charge in [-0.15, -0.1) is 0 Å². The van der Waals surface area contributed by atoms with Gasteiger partial charge >= 0.3 is 0 Å². The number of nitrogens with one attached hydrogen (secondary N) is 1. The first-order valence-electron chi connectivity index (χ1n) is 7.71. The number of rotatable bonds is 7. The van der Waals surface area contributed by atoms with Crippen molar-refractivity contribution in [1.29, 1.82) is 5.26 Å². The summed E-state index contributed by atoms with van der Waals surface area (Å²) in [5.74, 6) is -1.10. The fourth-order valence-electron chi connectivity index (χ4n) is 2.50. The summed E-state index contributed by atoms with van der Waals surface area (Å²) in [4.78, 5) is 24.2. The van der Waals surface area contributed by atoms with Crippen LogP contribution in [0, 0.1) is 11.3 Å². The summed E-state index contributed by atoms with van der Waals surface area (Å²) in [6.45, 7) is 0. The maximum absolute atomic E-state index is 12.5. The predicted octanol–water partition coefficient (Wildman–Crippen LogP) is 1.46. The SMILES string of the molecule is CO[C@@H](C(=O)N[C@H](Cc1cccc(C#N)c1)C(N)=O)c1ccccc1. The smallest absolute Gasteiger partial charge is 0.254 e. The second kappa shape index (κ2) is 8.62. The molecule has 0 aliphatic heterocycles. The molecule has 0 aliphatic carbocycles. The molecule has 2 rings (SSSR count). The zero-order valence-electron chi connectivity index (χ0n) is 13.8. The molecule has 0 bridgehead atoms. The second-order valence-corrected chi connectivity index (χ2v) is 5.51. The van der Waals surface area contributed by atoms with Crippen LogP contribution in [0.5, 0.6) is 0 Å². The van der Waals surface area contributed by atoms with E-state index in [4.69, 9.17) is 15.7 Å². The average molecular weight is 337 g/mol. The number of hydrogen-bond donors (Lipinski definition) is 2. The van der Waals surface area contributed by atoms with Crippen LogP contribution in [0.4, 0.5) is 0 Å². The van der Waals surface area contributed by atoms with Crippen LogP contribution in [0.3, 0.4) is 0 Å². The number of hydrogen-bond acceptors (Lipinski definition) is 4. The lowest BCUT2D eigenvalue weighted by Crippen LogP contribution is -2.47. The highest BCUT2D eigenvalue weighted by Gasteiger charge is 2.25. The molecule has 0 aliphatic rings. The Morgan fingerprint density at radius 3 is 2.52 bits per heavy atom. The average Bonchev–Trinajstić information content (AvgIpc) is 2.62. The number of carbonyl (C=O) groups excluding carboxylic acids is 2. The van der Waals surface area contributed by atoms with E-state index in [1.54, 1.807) is 48.5 Å². The zero-order valence-corrected chi connectivity index (χ0v) is 13.8. The van der Waals surface area contributed by atoms with Crippen molar-refractivity contribution in [3.8, 4) is 6.07 Å².